The monoisotopic (exact) mass is 345 g/mol. The Bertz CT molecular complexity index is 760. The summed E-state index contributed by atoms with van der Waals surface area (Å²) >= 11 is 0. The molecule has 1 aliphatic heterocycles. The normalized spacial score (nSPS) is 18.8. The molecule has 1 fully saturated rings. The average Bonchev–Trinajstić information content (AvgIpc) is 2.54. The third kappa shape index (κ3) is 3.83. The van der Waals surface area contributed by atoms with Crippen LogP contribution >= 0.6 is 0 Å². The minimum Gasteiger partial charge on any atom is -0.321 e. The standard InChI is InChI=1S/C18H17F2N3O2/c1-11(12-5-3-2-4-6-12)21-16-10-17(24)23(18(25)22-16)15-8-13(19)7-14(20)9-15/h2-9,11,16,21H,10H2,1H3,(H,22,25)/t11-,16?/m0/s1. The van der Waals surface area contributed by atoms with Crippen molar-refractivity contribution in [2.24, 2.45) is 0 Å². The summed E-state index contributed by atoms with van der Waals surface area (Å²) < 4.78 is 26.7. The van der Waals surface area contributed by atoms with E-state index in [0.717, 1.165) is 22.6 Å². The van der Waals surface area contributed by atoms with Gasteiger partial charge in [-0.25, -0.2) is 18.5 Å². The van der Waals surface area contributed by atoms with Gasteiger partial charge in [0, 0.05) is 12.1 Å². The lowest BCUT2D eigenvalue weighted by molar-refractivity contribution is -0.119. The molecule has 2 N–H and O–H groups in total. The third-order valence-electron chi connectivity index (χ3n) is 3.99. The van der Waals surface area contributed by atoms with Crippen molar-refractivity contribution in [2.45, 2.75) is 25.6 Å². The zero-order chi connectivity index (χ0) is 18.0. The van der Waals surface area contributed by atoms with Gasteiger partial charge >= 0.3 is 6.03 Å². The number of hydrogen-bond donors (Lipinski definition) is 2. The number of imide groups is 1. The predicted octanol–water partition coefficient (Wildman–Crippen LogP) is 3.09. The molecule has 3 rings (SSSR count). The van der Waals surface area contributed by atoms with Crippen LogP contribution in [0, 0.1) is 11.6 Å². The van der Waals surface area contributed by atoms with Crippen LogP contribution in [-0.2, 0) is 4.79 Å². The number of urea groups is 1. The average molecular weight is 345 g/mol. The van der Waals surface area contributed by atoms with Gasteiger partial charge in [-0.15, -0.1) is 0 Å². The van der Waals surface area contributed by atoms with Gasteiger partial charge in [0.1, 0.15) is 11.6 Å². The molecule has 3 amide bonds. The smallest absolute Gasteiger partial charge is 0.321 e. The summed E-state index contributed by atoms with van der Waals surface area (Å²) in [5, 5.41) is 5.81. The highest BCUT2D eigenvalue weighted by Gasteiger charge is 2.34. The fraction of sp³-hybridized carbons (Fsp3) is 0.222. The first-order valence-electron chi connectivity index (χ1n) is 7.84. The summed E-state index contributed by atoms with van der Waals surface area (Å²) in [4.78, 5) is 25.3. The first kappa shape index (κ1) is 17.0. The number of carbonyl (C=O) groups is 2. The molecule has 1 unspecified atom stereocenters. The van der Waals surface area contributed by atoms with E-state index in [0.29, 0.717) is 6.07 Å². The molecule has 7 heteroatoms. The van der Waals surface area contributed by atoms with Crippen molar-refractivity contribution < 1.29 is 18.4 Å². The number of hydrogen-bond acceptors (Lipinski definition) is 3. The van der Waals surface area contributed by atoms with Gasteiger partial charge < -0.3 is 5.32 Å². The van der Waals surface area contributed by atoms with Gasteiger partial charge in [0.2, 0.25) is 5.91 Å². The number of benzene rings is 2. The van der Waals surface area contributed by atoms with Gasteiger partial charge in [-0.1, -0.05) is 30.3 Å². The maximum atomic E-state index is 13.4. The van der Waals surface area contributed by atoms with Gasteiger partial charge in [-0.05, 0) is 24.6 Å². The first-order valence-corrected chi connectivity index (χ1v) is 7.84. The number of rotatable bonds is 4. The molecule has 1 heterocycles. The third-order valence-corrected chi connectivity index (χ3v) is 3.99. The van der Waals surface area contributed by atoms with Crippen LogP contribution in [-0.4, -0.2) is 18.1 Å². The summed E-state index contributed by atoms with van der Waals surface area (Å²) in [7, 11) is 0. The summed E-state index contributed by atoms with van der Waals surface area (Å²) in [5.74, 6) is -2.24. The van der Waals surface area contributed by atoms with Crippen LogP contribution in [0.15, 0.2) is 48.5 Å². The molecule has 0 radical (unpaired) electrons. The van der Waals surface area contributed by atoms with E-state index in [1.807, 2.05) is 37.3 Å². The zero-order valence-electron chi connectivity index (χ0n) is 13.5. The highest BCUT2D eigenvalue weighted by molar-refractivity contribution is 6.16. The van der Waals surface area contributed by atoms with E-state index in [1.165, 1.54) is 0 Å². The second-order valence-corrected chi connectivity index (χ2v) is 5.86. The van der Waals surface area contributed by atoms with E-state index in [4.69, 9.17) is 0 Å². The van der Waals surface area contributed by atoms with Gasteiger partial charge in [0.25, 0.3) is 0 Å². The summed E-state index contributed by atoms with van der Waals surface area (Å²) in [6.45, 7) is 1.92. The molecule has 0 bridgehead atoms. The van der Waals surface area contributed by atoms with Crippen LogP contribution < -0.4 is 15.5 Å². The van der Waals surface area contributed by atoms with Crippen molar-refractivity contribution in [3.05, 3.63) is 65.7 Å². The molecular weight excluding hydrogens is 328 g/mol. The van der Waals surface area contributed by atoms with Crippen LogP contribution in [0.1, 0.15) is 24.9 Å². The van der Waals surface area contributed by atoms with Crippen molar-refractivity contribution in [3.63, 3.8) is 0 Å². The van der Waals surface area contributed by atoms with E-state index in [2.05, 4.69) is 10.6 Å². The van der Waals surface area contributed by atoms with Crippen molar-refractivity contribution in [1.29, 1.82) is 0 Å². The number of halogens is 2. The number of amides is 3. The minimum atomic E-state index is -0.853. The van der Waals surface area contributed by atoms with E-state index in [1.54, 1.807) is 0 Å². The Morgan fingerprint density at radius 3 is 2.36 bits per heavy atom. The highest BCUT2D eigenvalue weighted by atomic mass is 19.1. The second kappa shape index (κ2) is 6.98. The van der Waals surface area contributed by atoms with Crippen molar-refractivity contribution in [2.75, 3.05) is 4.90 Å². The Morgan fingerprint density at radius 2 is 1.76 bits per heavy atom. The summed E-state index contributed by atoms with van der Waals surface area (Å²) in [6.07, 6.45) is -0.592. The Morgan fingerprint density at radius 1 is 1.12 bits per heavy atom. The van der Waals surface area contributed by atoms with Gasteiger partial charge in [-0.2, -0.15) is 0 Å². The lowest BCUT2D eigenvalue weighted by atomic mass is 10.1. The van der Waals surface area contributed by atoms with Gasteiger partial charge in [0.15, 0.2) is 0 Å². The Hall–Kier alpha value is -2.80. The lowest BCUT2D eigenvalue weighted by Crippen LogP contribution is -2.59. The maximum absolute atomic E-state index is 13.4. The zero-order valence-corrected chi connectivity index (χ0v) is 13.5. The van der Waals surface area contributed by atoms with Crippen LogP contribution in [0.4, 0.5) is 19.3 Å². The topological polar surface area (TPSA) is 61.4 Å². The van der Waals surface area contributed by atoms with Crippen LogP contribution in [0.3, 0.4) is 0 Å². The van der Waals surface area contributed by atoms with Gasteiger partial charge in [0.05, 0.1) is 18.3 Å². The number of anilines is 1. The number of nitrogens with one attached hydrogen (secondary N) is 2. The molecule has 2 aromatic carbocycles. The maximum Gasteiger partial charge on any atom is 0.329 e. The fourth-order valence-electron chi connectivity index (χ4n) is 2.81. The van der Waals surface area contributed by atoms with Crippen molar-refractivity contribution in [3.8, 4) is 0 Å². The second-order valence-electron chi connectivity index (χ2n) is 5.86. The molecule has 0 saturated carbocycles. The molecule has 1 saturated heterocycles. The Balaban J connectivity index is 1.72. The fourth-order valence-corrected chi connectivity index (χ4v) is 2.81. The van der Waals surface area contributed by atoms with E-state index in [9.17, 15) is 18.4 Å². The Labute approximate surface area is 143 Å². The molecular formula is C18H17F2N3O2. The molecule has 0 spiro atoms. The molecule has 2 atom stereocenters. The van der Waals surface area contributed by atoms with Gasteiger partial charge in [-0.3, -0.25) is 10.1 Å². The van der Waals surface area contributed by atoms with Crippen molar-refractivity contribution in [1.82, 2.24) is 10.6 Å². The molecule has 1 aliphatic rings. The highest BCUT2D eigenvalue weighted by Crippen LogP contribution is 2.22. The van der Waals surface area contributed by atoms with Crippen LogP contribution in [0.25, 0.3) is 0 Å². The van der Waals surface area contributed by atoms with Crippen molar-refractivity contribution >= 4 is 17.6 Å². The SMILES string of the molecule is C[C@H](NC1CC(=O)N(c2cc(F)cc(F)c2)C(=O)N1)c1ccccc1. The number of nitrogens with zero attached hydrogens (tertiary/aromatic N) is 1. The molecule has 130 valence electrons. The predicted molar refractivity (Wildman–Crippen MR) is 88.8 cm³/mol. The minimum absolute atomic E-state index is 0.0267. The largest absolute Gasteiger partial charge is 0.329 e. The number of carbonyl (C=O) groups excluding carboxylic acids is 2. The molecule has 0 aliphatic carbocycles. The Kier molecular flexibility index (Phi) is 4.76. The van der Waals surface area contributed by atoms with E-state index in [-0.39, 0.29) is 18.2 Å². The molecule has 2 aromatic rings. The first-order chi connectivity index (χ1) is 11.9. The lowest BCUT2D eigenvalue weighted by Gasteiger charge is -2.33. The quantitative estimate of drug-likeness (QED) is 0.895. The molecule has 0 aromatic heterocycles. The molecule has 25 heavy (non-hydrogen) atoms. The van der Waals surface area contributed by atoms with Crippen LogP contribution in [0.5, 0.6) is 0 Å². The van der Waals surface area contributed by atoms with Crippen LogP contribution in [0.2, 0.25) is 0 Å². The molecule has 5 nitrogen and oxygen atoms in total. The van der Waals surface area contributed by atoms with E-state index < -0.39 is 29.7 Å². The summed E-state index contributed by atoms with van der Waals surface area (Å²) in [5.41, 5.74) is 0.883. The van der Waals surface area contributed by atoms with E-state index >= 15 is 0 Å². The summed E-state index contributed by atoms with van der Waals surface area (Å²) in [6, 6.07) is 11.3.